The van der Waals surface area contributed by atoms with Crippen LogP contribution >= 0.6 is 0 Å². The summed E-state index contributed by atoms with van der Waals surface area (Å²) in [6.07, 6.45) is 5.64. The molecule has 2 heterocycles. The molecular formula is C17H23NO2. The predicted octanol–water partition coefficient (Wildman–Crippen LogP) is 3.63. The fraction of sp³-hybridized carbons (Fsp3) is 0.588. The Morgan fingerprint density at radius 2 is 2.10 bits per heavy atom. The number of benzene rings is 1. The molecule has 3 heteroatoms. The zero-order chi connectivity index (χ0) is 13.9. The van der Waals surface area contributed by atoms with Crippen molar-refractivity contribution in [2.24, 2.45) is 5.92 Å². The average molecular weight is 273 g/mol. The first-order valence-electron chi connectivity index (χ1n) is 7.78. The second-order valence-corrected chi connectivity index (χ2v) is 5.94. The number of hydrogen-bond donors (Lipinski definition) is 0. The lowest BCUT2D eigenvalue weighted by Gasteiger charge is -2.34. The Hall–Kier alpha value is -1.51. The number of hydrogen-bond acceptors (Lipinski definition) is 2. The Bertz CT molecular complexity index is 459. The number of ether oxygens (including phenoxy) is 1. The van der Waals surface area contributed by atoms with Gasteiger partial charge in [0, 0.05) is 12.1 Å². The van der Waals surface area contributed by atoms with Gasteiger partial charge in [-0.15, -0.1) is 0 Å². The van der Waals surface area contributed by atoms with Crippen molar-refractivity contribution in [1.82, 2.24) is 4.90 Å². The van der Waals surface area contributed by atoms with Gasteiger partial charge in [0.15, 0.2) is 0 Å². The Balaban J connectivity index is 1.73. The standard InChI is InChI=1S/C17H23NO2/c1-2-20-17(19)18-15-9-6-10-16(18)14(12-15)11-13-7-4-3-5-8-13/h3-5,7-8,14-16H,2,6,9-12H2,1H3. The summed E-state index contributed by atoms with van der Waals surface area (Å²) in [4.78, 5) is 14.2. The van der Waals surface area contributed by atoms with E-state index < -0.39 is 0 Å². The van der Waals surface area contributed by atoms with Gasteiger partial charge in [-0.3, -0.25) is 0 Å². The van der Waals surface area contributed by atoms with E-state index in [4.69, 9.17) is 4.74 Å². The minimum atomic E-state index is -0.0993. The van der Waals surface area contributed by atoms with Gasteiger partial charge in [0.25, 0.3) is 0 Å². The van der Waals surface area contributed by atoms with Gasteiger partial charge >= 0.3 is 6.09 Å². The van der Waals surface area contributed by atoms with Gasteiger partial charge in [-0.25, -0.2) is 4.79 Å². The number of carbonyl (C=O) groups excluding carboxylic acids is 1. The third-order valence-corrected chi connectivity index (χ3v) is 4.73. The summed E-state index contributed by atoms with van der Waals surface area (Å²) in [6.45, 7) is 2.35. The maximum atomic E-state index is 12.2. The van der Waals surface area contributed by atoms with E-state index in [9.17, 15) is 4.79 Å². The average Bonchev–Trinajstić information content (AvgIpc) is 2.67. The molecule has 0 aliphatic carbocycles. The van der Waals surface area contributed by atoms with Gasteiger partial charge in [-0.1, -0.05) is 30.3 Å². The van der Waals surface area contributed by atoms with Crippen LogP contribution in [0.1, 0.15) is 38.2 Å². The molecule has 2 aliphatic rings. The highest BCUT2D eigenvalue weighted by Crippen LogP contribution is 2.41. The first-order chi connectivity index (χ1) is 9.79. The van der Waals surface area contributed by atoms with Crippen molar-refractivity contribution in [2.45, 2.75) is 51.1 Å². The molecule has 0 radical (unpaired) electrons. The lowest BCUT2D eigenvalue weighted by molar-refractivity contribution is 0.0692. The fourth-order valence-corrected chi connectivity index (χ4v) is 3.93. The highest BCUT2D eigenvalue weighted by atomic mass is 16.6. The molecule has 2 saturated heterocycles. The van der Waals surface area contributed by atoms with Crippen molar-refractivity contribution in [3.63, 3.8) is 0 Å². The minimum absolute atomic E-state index is 0.0993. The molecule has 1 amide bonds. The SMILES string of the molecule is CCOC(=O)N1C2CCCC1C(Cc1ccccc1)C2. The van der Waals surface area contributed by atoms with Crippen molar-refractivity contribution in [1.29, 1.82) is 0 Å². The number of nitrogens with zero attached hydrogens (tertiary/aromatic N) is 1. The normalized spacial score (nSPS) is 28.4. The van der Waals surface area contributed by atoms with Gasteiger partial charge in [0.1, 0.15) is 0 Å². The van der Waals surface area contributed by atoms with Crippen LogP contribution in [-0.4, -0.2) is 29.7 Å². The van der Waals surface area contributed by atoms with Gasteiger partial charge in [0.05, 0.1) is 6.61 Å². The van der Waals surface area contributed by atoms with Crippen molar-refractivity contribution >= 4 is 6.09 Å². The lowest BCUT2D eigenvalue weighted by atomic mass is 9.91. The molecule has 20 heavy (non-hydrogen) atoms. The molecule has 0 N–H and O–H groups in total. The fourth-order valence-electron chi connectivity index (χ4n) is 3.93. The zero-order valence-electron chi connectivity index (χ0n) is 12.1. The minimum Gasteiger partial charge on any atom is -0.450 e. The Labute approximate surface area is 120 Å². The number of amides is 1. The predicted molar refractivity (Wildman–Crippen MR) is 78.5 cm³/mol. The van der Waals surface area contributed by atoms with Crippen molar-refractivity contribution < 1.29 is 9.53 Å². The van der Waals surface area contributed by atoms with Crippen LogP contribution in [0.15, 0.2) is 30.3 Å². The van der Waals surface area contributed by atoms with Crippen LogP contribution in [0.5, 0.6) is 0 Å². The van der Waals surface area contributed by atoms with Gasteiger partial charge < -0.3 is 9.64 Å². The molecule has 2 fully saturated rings. The third kappa shape index (κ3) is 2.54. The Kier molecular flexibility index (Phi) is 3.95. The highest BCUT2D eigenvalue weighted by molar-refractivity contribution is 5.69. The van der Waals surface area contributed by atoms with Gasteiger partial charge in [0.2, 0.25) is 0 Å². The van der Waals surface area contributed by atoms with Crippen LogP contribution in [0.4, 0.5) is 4.79 Å². The summed E-state index contributed by atoms with van der Waals surface area (Å²) in [5, 5.41) is 0. The van der Waals surface area contributed by atoms with Crippen molar-refractivity contribution in [2.75, 3.05) is 6.61 Å². The summed E-state index contributed by atoms with van der Waals surface area (Å²) in [7, 11) is 0. The summed E-state index contributed by atoms with van der Waals surface area (Å²) in [5.41, 5.74) is 1.38. The molecule has 3 atom stereocenters. The van der Waals surface area contributed by atoms with E-state index in [1.54, 1.807) is 0 Å². The molecule has 2 bridgehead atoms. The molecule has 2 aliphatic heterocycles. The molecule has 3 unspecified atom stereocenters. The number of carbonyl (C=O) groups is 1. The van der Waals surface area contributed by atoms with Crippen LogP contribution in [-0.2, 0) is 11.2 Å². The van der Waals surface area contributed by atoms with E-state index in [0.717, 1.165) is 25.7 Å². The number of rotatable bonds is 3. The van der Waals surface area contributed by atoms with E-state index in [1.165, 1.54) is 12.0 Å². The van der Waals surface area contributed by atoms with Crippen LogP contribution in [0.3, 0.4) is 0 Å². The molecule has 1 aromatic carbocycles. The monoisotopic (exact) mass is 273 g/mol. The largest absolute Gasteiger partial charge is 0.450 e. The topological polar surface area (TPSA) is 29.5 Å². The van der Waals surface area contributed by atoms with Crippen LogP contribution in [0.2, 0.25) is 0 Å². The molecule has 108 valence electrons. The molecule has 0 aromatic heterocycles. The quantitative estimate of drug-likeness (QED) is 0.841. The van der Waals surface area contributed by atoms with Gasteiger partial charge in [-0.2, -0.15) is 0 Å². The van der Waals surface area contributed by atoms with E-state index >= 15 is 0 Å². The second-order valence-electron chi connectivity index (χ2n) is 5.94. The third-order valence-electron chi connectivity index (χ3n) is 4.73. The maximum absolute atomic E-state index is 12.2. The maximum Gasteiger partial charge on any atom is 0.410 e. The van der Waals surface area contributed by atoms with Crippen LogP contribution in [0.25, 0.3) is 0 Å². The summed E-state index contributed by atoms with van der Waals surface area (Å²) < 4.78 is 5.25. The summed E-state index contributed by atoms with van der Waals surface area (Å²) in [6, 6.07) is 11.4. The number of piperidine rings is 1. The van der Waals surface area contributed by atoms with Gasteiger partial charge in [-0.05, 0) is 50.5 Å². The van der Waals surface area contributed by atoms with E-state index in [-0.39, 0.29) is 6.09 Å². The number of fused-ring (bicyclic) bond motifs is 2. The first kappa shape index (κ1) is 13.5. The zero-order valence-corrected chi connectivity index (χ0v) is 12.1. The van der Waals surface area contributed by atoms with E-state index in [1.807, 2.05) is 11.8 Å². The smallest absolute Gasteiger partial charge is 0.410 e. The van der Waals surface area contributed by atoms with Crippen molar-refractivity contribution in [3.8, 4) is 0 Å². The Morgan fingerprint density at radius 3 is 2.85 bits per heavy atom. The Morgan fingerprint density at radius 1 is 1.30 bits per heavy atom. The molecule has 3 rings (SSSR count). The summed E-state index contributed by atoms with van der Waals surface area (Å²) in [5.74, 6) is 0.592. The molecule has 0 spiro atoms. The van der Waals surface area contributed by atoms with E-state index in [2.05, 4.69) is 30.3 Å². The molecule has 3 nitrogen and oxygen atoms in total. The van der Waals surface area contributed by atoms with Crippen molar-refractivity contribution in [3.05, 3.63) is 35.9 Å². The lowest BCUT2D eigenvalue weighted by Crippen LogP contribution is -2.45. The highest BCUT2D eigenvalue weighted by Gasteiger charge is 2.46. The molecule has 1 aromatic rings. The van der Waals surface area contributed by atoms with E-state index in [0.29, 0.717) is 24.6 Å². The second kappa shape index (κ2) is 5.86. The molecule has 0 saturated carbocycles. The first-order valence-corrected chi connectivity index (χ1v) is 7.78. The van der Waals surface area contributed by atoms with Crippen LogP contribution in [0, 0.1) is 5.92 Å². The molecular weight excluding hydrogens is 250 g/mol. The van der Waals surface area contributed by atoms with Crippen LogP contribution < -0.4 is 0 Å². The summed E-state index contributed by atoms with van der Waals surface area (Å²) >= 11 is 0.